The molecule has 1 aliphatic heterocycles. The van der Waals surface area contributed by atoms with Gasteiger partial charge in [0.15, 0.2) is 5.82 Å². The van der Waals surface area contributed by atoms with Gasteiger partial charge in [-0.3, -0.25) is 4.98 Å². The number of rotatable bonds is 1. The molecule has 3 nitrogen and oxygen atoms in total. The molecule has 0 bridgehead atoms. The number of thioether (sulfide) groups is 1. The number of nitrogens with zero attached hydrogens (tertiary/aromatic N) is 3. The molecule has 0 aliphatic carbocycles. The van der Waals surface area contributed by atoms with Crippen molar-refractivity contribution in [2.75, 3.05) is 0 Å². The molecular weight excluding hydrogens is 266 g/mol. The van der Waals surface area contributed by atoms with Gasteiger partial charge in [-0.1, -0.05) is 11.6 Å². The highest BCUT2D eigenvalue weighted by Gasteiger charge is 2.19. The highest BCUT2D eigenvalue weighted by molar-refractivity contribution is 7.98. The van der Waals surface area contributed by atoms with E-state index in [4.69, 9.17) is 11.6 Å². The molecule has 0 unspecified atom stereocenters. The molecule has 0 spiro atoms. The van der Waals surface area contributed by atoms with Crippen molar-refractivity contribution in [2.24, 2.45) is 0 Å². The van der Waals surface area contributed by atoms with E-state index in [0.29, 0.717) is 11.0 Å². The van der Waals surface area contributed by atoms with Crippen molar-refractivity contribution in [3.63, 3.8) is 0 Å². The Labute approximate surface area is 115 Å². The second-order valence-corrected chi connectivity index (χ2v) is 5.74. The topological polar surface area (TPSA) is 38.7 Å². The first-order chi connectivity index (χ1) is 8.63. The SMILES string of the molecule is Cc1cc(-c2nc(Cl)c3c(n2)CSC3)cc(C)n1. The van der Waals surface area contributed by atoms with Crippen molar-refractivity contribution in [1.29, 1.82) is 0 Å². The summed E-state index contributed by atoms with van der Waals surface area (Å²) in [6.45, 7) is 3.95. The second-order valence-electron chi connectivity index (χ2n) is 4.39. The Morgan fingerprint density at radius 1 is 1.06 bits per heavy atom. The van der Waals surface area contributed by atoms with Gasteiger partial charge in [0, 0.05) is 34.0 Å². The summed E-state index contributed by atoms with van der Waals surface area (Å²) in [6.07, 6.45) is 0. The molecule has 3 rings (SSSR count). The summed E-state index contributed by atoms with van der Waals surface area (Å²) in [6, 6.07) is 3.99. The van der Waals surface area contributed by atoms with Crippen LogP contribution in [0.5, 0.6) is 0 Å². The fourth-order valence-corrected chi connectivity index (χ4v) is 3.48. The van der Waals surface area contributed by atoms with E-state index >= 15 is 0 Å². The van der Waals surface area contributed by atoms with Gasteiger partial charge < -0.3 is 0 Å². The summed E-state index contributed by atoms with van der Waals surface area (Å²) < 4.78 is 0. The largest absolute Gasteiger partial charge is 0.258 e. The van der Waals surface area contributed by atoms with Crippen LogP contribution in [-0.4, -0.2) is 15.0 Å². The number of aryl methyl sites for hydroxylation is 2. The minimum absolute atomic E-state index is 0.590. The van der Waals surface area contributed by atoms with Crippen LogP contribution in [0.4, 0.5) is 0 Å². The van der Waals surface area contributed by atoms with Crippen LogP contribution in [0.2, 0.25) is 5.15 Å². The first-order valence-corrected chi connectivity index (χ1v) is 7.25. The van der Waals surface area contributed by atoms with E-state index in [1.54, 1.807) is 0 Å². The Morgan fingerprint density at radius 2 is 1.78 bits per heavy atom. The summed E-state index contributed by atoms with van der Waals surface area (Å²) >= 11 is 8.05. The first kappa shape index (κ1) is 11.9. The summed E-state index contributed by atoms with van der Waals surface area (Å²) in [5.74, 6) is 2.55. The summed E-state index contributed by atoms with van der Waals surface area (Å²) in [5.41, 5.74) is 5.09. The van der Waals surface area contributed by atoms with Gasteiger partial charge in [-0.2, -0.15) is 11.8 Å². The van der Waals surface area contributed by atoms with E-state index in [-0.39, 0.29) is 0 Å². The van der Waals surface area contributed by atoms with Crippen LogP contribution in [-0.2, 0) is 11.5 Å². The summed E-state index contributed by atoms with van der Waals surface area (Å²) in [4.78, 5) is 13.4. The lowest BCUT2D eigenvalue weighted by Gasteiger charge is -2.06. The predicted octanol–water partition coefficient (Wildman–Crippen LogP) is 3.56. The van der Waals surface area contributed by atoms with E-state index in [2.05, 4.69) is 15.0 Å². The Balaban J connectivity index is 2.15. The first-order valence-electron chi connectivity index (χ1n) is 5.72. The van der Waals surface area contributed by atoms with Gasteiger partial charge in [-0.15, -0.1) is 0 Å². The van der Waals surface area contributed by atoms with E-state index in [1.165, 1.54) is 0 Å². The lowest BCUT2D eigenvalue weighted by atomic mass is 10.1. The minimum atomic E-state index is 0.590. The fourth-order valence-electron chi connectivity index (χ4n) is 2.10. The van der Waals surface area contributed by atoms with E-state index in [9.17, 15) is 0 Å². The van der Waals surface area contributed by atoms with Crippen LogP contribution in [0.1, 0.15) is 22.6 Å². The zero-order valence-electron chi connectivity index (χ0n) is 10.2. The molecule has 0 radical (unpaired) electrons. The average Bonchev–Trinajstić information content (AvgIpc) is 2.76. The number of pyridine rings is 1. The van der Waals surface area contributed by atoms with Crippen LogP contribution in [0.15, 0.2) is 12.1 Å². The Hall–Kier alpha value is -1.13. The van der Waals surface area contributed by atoms with E-state index in [1.807, 2.05) is 37.7 Å². The Morgan fingerprint density at radius 3 is 2.50 bits per heavy atom. The summed E-state index contributed by atoms with van der Waals surface area (Å²) in [7, 11) is 0. The maximum atomic E-state index is 6.22. The standard InChI is InChI=1S/C13H12ClN3S/c1-7-3-9(4-8(2)15-7)13-16-11-6-18-5-10(11)12(14)17-13/h3-4H,5-6H2,1-2H3. The highest BCUT2D eigenvalue weighted by Crippen LogP contribution is 2.34. The zero-order chi connectivity index (χ0) is 12.7. The van der Waals surface area contributed by atoms with Crippen molar-refractivity contribution < 1.29 is 0 Å². The predicted molar refractivity (Wildman–Crippen MR) is 74.7 cm³/mol. The number of aromatic nitrogens is 3. The van der Waals surface area contributed by atoms with Crippen LogP contribution in [0.3, 0.4) is 0 Å². The Bertz CT molecular complexity index is 608. The molecule has 0 fully saturated rings. The molecule has 0 amide bonds. The van der Waals surface area contributed by atoms with Crippen molar-refractivity contribution in [3.05, 3.63) is 39.9 Å². The molecule has 2 aromatic heterocycles. The zero-order valence-corrected chi connectivity index (χ0v) is 11.8. The third-order valence-electron chi connectivity index (χ3n) is 2.87. The molecule has 2 aromatic rings. The van der Waals surface area contributed by atoms with Gasteiger partial charge in [-0.25, -0.2) is 9.97 Å². The lowest BCUT2D eigenvalue weighted by molar-refractivity contribution is 1.06. The molecule has 0 aromatic carbocycles. The number of hydrogen-bond acceptors (Lipinski definition) is 4. The normalized spacial score (nSPS) is 13.7. The fraction of sp³-hybridized carbons (Fsp3) is 0.308. The number of halogens is 1. The molecule has 0 saturated heterocycles. The van der Waals surface area contributed by atoms with Crippen LogP contribution in [0, 0.1) is 13.8 Å². The van der Waals surface area contributed by atoms with Gasteiger partial charge in [0.05, 0.1) is 5.69 Å². The Kier molecular flexibility index (Phi) is 2.99. The molecule has 1 aliphatic rings. The average molecular weight is 278 g/mol. The monoisotopic (exact) mass is 277 g/mol. The quantitative estimate of drug-likeness (QED) is 0.747. The highest BCUT2D eigenvalue weighted by atomic mass is 35.5. The molecule has 5 heteroatoms. The van der Waals surface area contributed by atoms with E-state index < -0.39 is 0 Å². The molecule has 3 heterocycles. The summed E-state index contributed by atoms with van der Waals surface area (Å²) in [5, 5.41) is 0.590. The smallest absolute Gasteiger partial charge is 0.161 e. The van der Waals surface area contributed by atoms with Gasteiger partial charge in [0.2, 0.25) is 0 Å². The van der Waals surface area contributed by atoms with Gasteiger partial charge in [0.25, 0.3) is 0 Å². The van der Waals surface area contributed by atoms with Crippen LogP contribution in [0.25, 0.3) is 11.4 Å². The molecule has 0 saturated carbocycles. The van der Waals surface area contributed by atoms with Crippen molar-refractivity contribution >= 4 is 23.4 Å². The van der Waals surface area contributed by atoms with Crippen molar-refractivity contribution in [2.45, 2.75) is 25.4 Å². The van der Waals surface area contributed by atoms with Gasteiger partial charge in [-0.05, 0) is 26.0 Å². The van der Waals surface area contributed by atoms with Crippen LogP contribution >= 0.6 is 23.4 Å². The minimum Gasteiger partial charge on any atom is -0.258 e. The van der Waals surface area contributed by atoms with Gasteiger partial charge in [0.1, 0.15) is 5.15 Å². The third kappa shape index (κ3) is 2.10. The van der Waals surface area contributed by atoms with Crippen molar-refractivity contribution in [1.82, 2.24) is 15.0 Å². The van der Waals surface area contributed by atoms with Crippen molar-refractivity contribution in [3.8, 4) is 11.4 Å². The maximum Gasteiger partial charge on any atom is 0.161 e. The molecule has 0 atom stereocenters. The molecule has 18 heavy (non-hydrogen) atoms. The molecule has 0 N–H and O–H groups in total. The third-order valence-corrected chi connectivity index (χ3v) is 4.15. The van der Waals surface area contributed by atoms with E-state index in [0.717, 1.165) is 39.7 Å². The number of fused-ring (bicyclic) bond motifs is 1. The van der Waals surface area contributed by atoms with Gasteiger partial charge >= 0.3 is 0 Å². The number of hydrogen-bond donors (Lipinski definition) is 0. The van der Waals surface area contributed by atoms with Crippen LogP contribution < -0.4 is 0 Å². The maximum absolute atomic E-state index is 6.22. The molecule has 92 valence electrons. The second kappa shape index (κ2) is 4.52. The lowest BCUT2D eigenvalue weighted by Crippen LogP contribution is -1.98. The molecular formula is C13H12ClN3S.